The summed E-state index contributed by atoms with van der Waals surface area (Å²) in [4.78, 5) is 0. The van der Waals surface area contributed by atoms with Gasteiger partial charge in [-0.1, -0.05) is 74.2 Å². The highest BCUT2D eigenvalue weighted by molar-refractivity contribution is 5.29. The van der Waals surface area contributed by atoms with E-state index in [9.17, 15) is 5.11 Å². The van der Waals surface area contributed by atoms with E-state index in [4.69, 9.17) is 0 Å². The van der Waals surface area contributed by atoms with Crippen LogP contribution in [0, 0.1) is 5.92 Å². The quantitative estimate of drug-likeness (QED) is 0.676. The fourth-order valence-corrected chi connectivity index (χ4v) is 2.52. The zero-order valence-corrected chi connectivity index (χ0v) is 9.19. The Bertz CT molecular complexity index is 280. The standard InChI is InChI=1S/C14H19O/c15-14(13-10-6-3-7-11-13)12-8-4-1-2-5-9-12/h1-2,4,8-9,13-14H,3,5-7,10-11H2/q-1/t14-/m1/s1. The molecule has 1 fully saturated rings. The van der Waals surface area contributed by atoms with Gasteiger partial charge in [-0.2, -0.15) is 0 Å². The van der Waals surface area contributed by atoms with Crippen LogP contribution >= 0.6 is 0 Å². The molecule has 0 bridgehead atoms. The molecular weight excluding hydrogens is 184 g/mol. The smallest absolute Gasteiger partial charge is 0.0161 e. The zero-order chi connectivity index (χ0) is 10.5. The van der Waals surface area contributed by atoms with Crippen LogP contribution in [-0.4, -0.2) is 6.10 Å². The van der Waals surface area contributed by atoms with Crippen LogP contribution in [0.4, 0.5) is 0 Å². The third-order valence-corrected chi connectivity index (χ3v) is 3.43. The van der Waals surface area contributed by atoms with Crippen molar-refractivity contribution in [3.05, 3.63) is 36.0 Å². The molecule has 2 rings (SSSR count). The van der Waals surface area contributed by atoms with E-state index in [1.807, 2.05) is 18.2 Å². The molecule has 0 N–H and O–H groups in total. The van der Waals surface area contributed by atoms with Gasteiger partial charge in [0, 0.05) is 0 Å². The molecule has 2 aliphatic rings. The van der Waals surface area contributed by atoms with Crippen molar-refractivity contribution < 1.29 is 5.11 Å². The minimum Gasteiger partial charge on any atom is -0.848 e. The van der Waals surface area contributed by atoms with Gasteiger partial charge in [-0.15, -0.1) is 0 Å². The predicted molar refractivity (Wildman–Crippen MR) is 61.3 cm³/mol. The zero-order valence-electron chi connectivity index (χ0n) is 9.19. The normalized spacial score (nSPS) is 24.7. The Morgan fingerprint density at radius 2 is 1.93 bits per heavy atom. The lowest BCUT2D eigenvalue weighted by Gasteiger charge is -2.36. The van der Waals surface area contributed by atoms with E-state index >= 15 is 0 Å². The minimum atomic E-state index is -0.485. The Morgan fingerprint density at radius 3 is 2.73 bits per heavy atom. The molecule has 0 unspecified atom stereocenters. The number of hydrogen-bond acceptors (Lipinski definition) is 1. The third-order valence-electron chi connectivity index (χ3n) is 3.43. The molecule has 1 atom stereocenters. The topological polar surface area (TPSA) is 23.1 Å². The van der Waals surface area contributed by atoms with Crippen molar-refractivity contribution in [2.24, 2.45) is 5.92 Å². The molecule has 82 valence electrons. The molecule has 2 aliphatic carbocycles. The largest absolute Gasteiger partial charge is 0.848 e. The van der Waals surface area contributed by atoms with Crippen molar-refractivity contribution in [3.8, 4) is 0 Å². The summed E-state index contributed by atoms with van der Waals surface area (Å²) in [7, 11) is 0. The van der Waals surface area contributed by atoms with Gasteiger partial charge in [0.1, 0.15) is 0 Å². The van der Waals surface area contributed by atoms with E-state index < -0.39 is 6.10 Å². The summed E-state index contributed by atoms with van der Waals surface area (Å²) < 4.78 is 0. The Morgan fingerprint density at radius 1 is 1.13 bits per heavy atom. The summed E-state index contributed by atoms with van der Waals surface area (Å²) in [5, 5.41) is 12.2. The van der Waals surface area contributed by atoms with Crippen LogP contribution in [0.25, 0.3) is 0 Å². The van der Waals surface area contributed by atoms with E-state index in [0.29, 0.717) is 5.92 Å². The number of rotatable bonds is 2. The highest BCUT2D eigenvalue weighted by Gasteiger charge is 2.17. The van der Waals surface area contributed by atoms with Gasteiger partial charge in [-0.05, 0) is 12.3 Å². The van der Waals surface area contributed by atoms with Crippen molar-refractivity contribution >= 4 is 0 Å². The van der Waals surface area contributed by atoms with Gasteiger partial charge in [0.15, 0.2) is 0 Å². The Hall–Kier alpha value is -0.820. The lowest BCUT2D eigenvalue weighted by atomic mass is 9.82. The predicted octanol–water partition coefficient (Wildman–Crippen LogP) is 2.74. The summed E-state index contributed by atoms with van der Waals surface area (Å²) in [6.45, 7) is 0. The van der Waals surface area contributed by atoms with E-state index in [0.717, 1.165) is 24.8 Å². The van der Waals surface area contributed by atoms with Crippen LogP contribution in [0.15, 0.2) is 36.0 Å². The molecule has 1 nitrogen and oxygen atoms in total. The molecule has 0 aromatic rings. The van der Waals surface area contributed by atoms with Crippen molar-refractivity contribution in [3.63, 3.8) is 0 Å². The summed E-state index contributed by atoms with van der Waals surface area (Å²) >= 11 is 0. The monoisotopic (exact) mass is 203 g/mol. The molecule has 0 aliphatic heterocycles. The van der Waals surface area contributed by atoms with E-state index in [1.165, 1.54) is 19.3 Å². The fraction of sp³-hybridized carbons (Fsp3) is 0.571. The van der Waals surface area contributed by atoms with Crippen LogP contribution in [0.3, 0.4) is 0 Å². The molecule has 0 spiro atoms. The molecule has 1 heteroatoms. The van der Waals surface area contributed by atoms with Crippen LogP contribution < -0.4 is 5.11 Å². The first kappa shape index (κ1) is 10.7. The molecule has 0 saturated heterocycles. The molecular formula is C14H19O-. The number of hydrogen-bond donors (Lipinski definition) is 0. The second-order valence-electron chi connectivity index (χ2n) is 4.55. The van der Waals surface area contributed by atoms with Gasteiger partial charge in [0.25, 0.3) is 0 Å². The molecule has 15 heavy (non-hydrogen) atoms. The molecule has 0 radical (unpaired) electrons. The van der Waals surface area contributed by atoms with Crippen molar-refractivity contribution in [1.29, 1.82) is 0 Å². The van der Waals surface area contributed by atoms with Crippen LogP contribution in [0.5, 0.6) is 0 Å². The van der Waals surface area contributed by atoms with Crippen molar-refractivity contribution in [2.75, 3.05) is 0 Å². The second kappa shape index (κ2) is 5.32. The first-order valence-corrected chi connectivity index (χ1v) is 6.07. The lowest BCUT2D eigenvalue weighted by molar-refractivity contribution is -0.420. The summed E-state index contributed by atoms with van der Waals surface area (Å²) in [5.74, 6) is 0.382. The SMILES string of the molecule is [O-][C@H](C1=CCC=CC=C1)C1CCCCC1. The molecule has 0 aromatic heterocycles. The maximum atomic E-state index is 12.2. The van der Waals surface area contributed by atoms with Gasteiger partial charge in [0.05, 0.1) is 0 Å². The van der Waals surface area contributed by atoms with E-state index in [-0.39, 0.29) is 0 Å². The summed E-state index contributed by atoms with van der Waals surface area (Å²) in [6.07, 6.45) is 16.7. The minimum absolute atomic E-state index is 0.382. The molecule has 0 aromatic carbocycles. The highest BCUT2D eigenvalue weighted by atomic mass is 16.3. The second-order valence-corrected chi connectivity index (χ2v) is 4.55. The van der Waals surface area contributed by atoms with Crippen LogP contribution in [0.1, 0.15) is 38.5 Å². The Labute approximate surface area is 92.2 Å². The first-order valence-electron chi connectivity index (χ1n) is 6.07. The average Bonchev–Trinajstić information content (AvgIpc) is 2.58. The van der Waals surface area contributed by atoms with Gasteiger partial charge < -0.3 is 5.11 Å². The molecule has 0 heterocycles. The Balaban J connectivity index is 1.99. The van der Waals surface area contributed by atoms with Gasteiger partial charge in [0.2, 0.25) is 0 Å². The van der Waals surface area contributed by atoms with Gasteiger partial charge in [-0.25, -0.2) is 0 Å². The van der Waals surface area contributed by atoms with E-state index in [2.05, 4.69) is 12.2 Å². The van der Waals surface area contributed by atoms with Gasteiger partial charge >= 0.3 is 0 Å². The summed E-state index contributed by atoms with van der Waals surface area (Å²) in [6, 6.07) is 0. The first-order chi connectivity index (χ1) is 7.38. The molecule has 1 saturated carbocycles. The fourth-order valence-electron chi connectivity index (χ4n) is 2.52. The highest BCUT2D eigenvalue weighted by Crippen LogP contribution is 2.29. The maximum Gasteiger partial charge on any atom is -0.0161 e. The third kappa shape index (κ3) is 2.82. The lowest BCUT2D eigenvalue weighted by Crippen LogP contribution is -2.36. The average molecular weight is 203 g/mol. The van der Waals surface area contributed by atoms with Crippen LogP contribution in [-0.2, 0) is 0 Å². The number of allylic oxidation sites excluding steroid dienone is 4. The Kier molecular flexibility index (Phi) is 3.79. The molecule has 0 amide bonds. The maximum absolute atomic E-state index is 12.2. The van der Waals surface area contributed by atoms with E-state index in [1.54, 1.807) is 0 Å². The van der Waals surface area contributed by atoms with Crippen LogP contribution in [0.2, 0.25) is 0 Å². The van der Waals surface area contributed by atoms with Crippen molar-refractivity contribution in [2.45, 2.75) is 44.6 Å². The summed E-state index contributed by atoms with van der Waals surface area (Å²) in [5.41, 5.74) is 1.01. The van der Waals surface area contributed by atoms with Crippen molar-refractivity contribution in [1.82, 2.24) is 0 Å². The van der Waals surface area contributed by atoms with Gasteiger partial charge in [-0.3, -0.25) is 0 Å².